The number of nitrogens with zero attached hydrogens (tertiary/aromatic N) is 6. The Bertz CT molecular complexity index is 1080. The van der Waals surface area contributed by atoms with E-state index in [0.29, 0.717) is 11.7 Å². The highest BCUT2D eigenvalue weighted by molar-refractivity contribution is 7.99. The fourth-order valence-corrected chi connectivity index (χ4v) is 3.50. The molecule has 0 saturated carbocycles. The summed E-state index contributed by atoms with van der Waals surface area (Å²) in [5.74, 6) is 2.57. The zero-order chi connectivity index (χ0) is 19.5. The van der Waals surface area contributed by atoms with Crippen molar-refractivity contribution in [2.45, 2.75) is 17.3 Å². The maximum atomic E-state index is 5.43. The van der Waals surface area contributed by atoms with Crippen molar-refractivity contribution in [2.24, 2.45) is 7.05 Å². The zero-order valence-corrected chi connectivity index (χ0v) is 16.4. The number of aromatic nitrogens is 6. The van der Waals surface area contributed by atoms with E-state index in [1.54, 1.807) is 19.5 Å². The van der Waals surface area contributed by atoms with Gasteiger partial charge in [-0.25, -0.2) is 0 Å². The maximum absolute atomic E-state index is 5.43. The van der Waals surface area contributed by atoms with Crippen molar-refractivity contribution >= 4 is 11.8 Å². The molecule has 0 bridgehead atoms. The highest BCUT2D eigenvalue weighted by atomic mass is 32.2. The summed E-state index contributed by atoms with van der Waals surface area (Å²) in [5, 5.41) is 13.4. The molecule has 1 aromatic carbocycles. The predicted molar refractivity (Wildman–Crippen MR) is 105 cm³/mol. The van der Waals surface area contributed by atoms with Crippen molar-refractivity contribution < 1.29 is 9.26 Å². The molecule has 0 N–H and O–H groups in total. The number of pyridine rings is 1. The summed E-state index contributed by atoms with van der Waals surface area (Å²) in [5.41, 5.74) is 1.78. The van der Waals surface area contributed by atoms with Crippen LogP contribution in [0.3, 0.4) is 0 Å². The van der Waals surface area contributed by atoms with Crippen LogP contribution in [0.2, 0.25) is 0 Å². The number of thioether (sulfide) groups is 1. The van der Waals surface area contributed by atoms with Gasteiger partial charge in [0.1, 0.15) is 5.75 Å². The molecule has 0 spiro atoms. The number of hydrogen-bond donors (Lipinski definition) is 0. The van der Waals surface area contributed by atoms with Crippen LogP contribution in [0, 0.1) is 0 Å². The lowest BCUT2D eigenvalue weighted by atomic mass is 10.2. The molecule has 142 valence electrons. The third-order valence-corrected chi connectivity index (χ3v) is 5.31. The molecule has 8 nitrogen and oxygen atoms in total. The van der Waals surface area contributed by atoms with Crippen LogP contribution in [0.4, 0.5) is 0 Å². The number of methoxy groups -OCH3 is 1. The van der Waals surface area contributed by atoms with E-state index in [-0.39, 0.29) is 5.25 Å². The molecule has 0 saturated heterocycles. The van der Waals surface area contributed by atoms with Crippen LogP contribution in [-0.2, 0) is 7.05 Å². The molecular formula is C19H18N6O2S. The van der Waals surface area contributed by atoms with E-state index in [1.807, 2.05) is 54.9 Å². The Labute approximate surface area is 166 Å². The van der Waals surface area contributed by atoms with Crippen LogP contribution in [0.1, 0.15) is 18.0 Å². The van der Waals surface area contributed by atoms with Crippen molar-refractivity contribution in [3.63, 3.8) is 0 Å². The molecule has 4 aromatic rings. The van der Waals surface area contributed by atoms with E-state index >= 15 is 0 Å². The number of rotatable bonds is 6. The molecule has 9 heteroatoms. The first kappa shape index (κ1) is 18.2. The van der Waals surface area contributed by atoms with Gasteiger partial charge in [0, 0.05) is 30.6 Å². The summed E-state index contributed by atoms with van der Waals surface area (Å²) in [6, 6.07) is 11.3. The maximum Gasteiger partial charge on any atom is 0.258 e. The average Bonchev–Trinajstić information content (AvgIpc) is 3.37. The fraction of sp³-hybridized carbons (Fsp3) is 0.211. The summed E-state index contributed by atoms with van der Waals surface area (Å²) in [6.07, 6.45) is 3.47. The minimum atomic E-state index is -0.0590. The second kappa shape index (κ2) is 7.81. The fourth-order valence-electron chi connectivity index (χ4n) is 2.65. The van der Waals surface area contributed by atoms with Gasteiger partial charge in [-0.2, -0.15) is 4.98 Å². The minimum absolute atomic E-state index is 0.0590. The van der Waals surface area contributed by atoms with Gasteiger partial charge in [0.15, 0.2) is 16.8 Å². The molecule has 0 radical (unpaired) electrons. The van der Waals surface area contributed by atoms with Gasteiger partial charge < -0.3 is 13.8 Å². The lowest BCUT2D eigenvalue weighted by Crippen LogP contribution is -1.98. The highest BCUT2D eigenvalue weighted by Gasteiger charge is 2.20. The van der Waals surface area contributed by atoms with Crippen molar-refractivity contribution in [1.29, 1.82) is 0 Å². The van der Waals surface area contributed by atoms with E-state index < -0.39 is 0 Å². The molecule has 0 aliphatic rings. The van der Waals surface area contributed by atoms with Crippen molar-refractivity contribution in [3.8, 4) is 28.6 Å². The Morgan fingerprint density at radius 3 is 2.71 bits per heavy atom. The van der Waals surface area contributed by atoms with Crippen LogP contribution in [0.15, 0.2) is 58.5 Å². The van der Waals surface area contributed by atoms with Crippen molar-refractivity contribution in [3.05, 3.63) is 54.6 Å². The van der Waals surface area contributed by atoms with Gasteiger partial charge in [0.05, 0.1) is 12.4 Å². The second-order valence-corrected chi connectivity index (χ2v) is 7.36. The third kappa shape index (κ3) is 3.61. The summed E-state index contributed by atoms with van der Waals surface area (Å²) < 4.78 is 12.6. The highest BCUT2D eigenvalue weighted by Crippen LogP contribution is 2.34. The summed E-state index contributed by atoms with van der Waals surface area (Å²) in [7, 11) is 3.56. The normalized spacial score (nSPS) is 12.1. The number of ether oxygens (including phenoxy) is 1. The second-order valence-electron chi connectivity index (χ2n) is 6.05. The van der Waals surface area contributed by atoms with Gasteiger partial charge in [0.25, 0.3) is 5.89 Å². The van der Waals surface area contributed by atoms with Gasteiger partial charge in [0.2, 0.25) is 0 Å². The molecule has 1 unspecified atom stereocenters. The van der Waals surface area contributed by atoms with Gasteiger partial charge >= 0.3 is 0 Å². The lowest BCUT2D eigenvalue weighted by molar-refractivity contribution is 0.412. The Morgan fingerprint density at radius 1 is 1.11 bits per heavy atom. The summed E-state index contributed by atoms with van der Waals surface area (Å²) >= 11 is 1.52. The number of benzene rings is 1. The molecular weight excluding hydrogens is 376 g/mol. The van der Waals surface area contributed by atoms with Crippen LogP contribution in [0.5, 0.6) is 5.75 Å². The van der Waals surface area contributed by atoms with Crippen molar-refractivity contribution in [1.82, 2.24) is 29.9 Å². The minimum Gasteiger partial charge on any atom is -0.497 e. The monoisotopic (exact) mass is 394 g/mol. The molecule has 0 aliphatic heterocycles. The quantitative estimate of drug-likeness (QED) is 0.456. The van der Waals surface area contributed by atoms with Gasteiger partial charge in [-0.1, -0.05) is 23.0 Å². The molecule has 28 heavy (non-hydrogen) atoms. The molecule has 3 heterocycles. The first-order valence-electron chi connectivity index (χ1n) is 8.60. The summed E-state index contributed by atoms with van der Waals surface area (Å²) in [4.78, 5) is 8.56. The zero-order valence-electron chi connectivity index (χ0n) is 15.6. The molecule has 3 aromatic heterocycles. The predicted octanol–water partition coefficient (Wildman–Crippen LogP) is 3.79. The van der Waals surface area contributed by atoms with Crippen LogP contribution >= 0.6 is 11.8 Å². The van der Waals surface area contributed by atoms with Crippen LogP contribution in [-0.4, -0.2) is 37.0 Å². The van der Waals surface area contributed by atoms with E-state index in [0.717, 1.165) is 27.9 Å². The molecule has 1 atom stereocenters. The van der Waals surface area contributed by atoms with Gasteiger partial charge in [-0.15, -0.1) is 10.2 Å². The Hall–Kier alpha value is -3.20. The van der Waals surface area contributed by atoms with Gasteiger partial charge in [-0.05, 0) is 37.3 Å². The molecule has 0 aliphatic carbocycles. The topological polar surface area (TPSA) is 91.8 Å². The molecule has 0 amide bonds. The largest absolute Gasteiger partial charge is 0.497 e. The SMILES string of the molecule is COc1cccc(-c2nc(C(C)Sc3nnc(-c4ccncc4)n3C)no2)c1. The van der Waals surface area contributed by atoms with E-state index in [4.69, 9.17) is 9.26 Å². The first-order chi connectivity index (χ1) is 13.7. The van der Waals surface area contributed by atoms with Crippen molar-refractivity contribution in [2.75, 3.05) is 7.11 Å². The summed E-state index contributed by atoms with van der Waals surface area (Å²) in [6.45, 7) is 2.01. The Morgan fingerprint density at radius 2 is 1.93 bits per heavy atom. The van der Waals surface area contributed by atoms with Crippen LogP contribution in [0.25, 0.3) is 22.8 Å². The molecule has 4 rings (SSSR count). The van der Waals surface area contributed by atoms with E-state index in [9.17, 15) is 0 Å². The first-order valence-corrected chi connectivity index (χ1v) is 9.48. The average molecular weight is 394 g/mol. The van der Waals surface area contributed by atoms with Gasteiger partial charge in [-0.3, -0.25) is 4.98 Å². The Balaban J connectivity index is 1.53. The molecule has 0 fully saturated rings. The smallest absolute Gasteiger partial charge is 0.258 e. The third-order valence-electron chi connectivity index (χ3n) is 4.18. The lowest BCUT2D eigenvalue weighted by Gasteiger charge is -2.06. The van der Waals surface area contributed by atoms with Crippen LogP contribution < -0.4 is 4.74 Å². The Kier molecular flexibility index (Phi) is 5.07. The number of hydrogen-bond acceptors (Lipinski definition) is 8. The van der Waals surface area contributed by atoms with E-state index in [2.05, 4.69) is 25.3 Å². The van der Waals surface area contributed by atoms with E-state index in [1.165, 1.54) is 11.8 Å². The standard InChI is InChI=1S/C19H18N6O2S/c1-12(16-21-18(27-24-16)14-5-4-6-15(11-14)26-3)28-19-23-22-17(25(19)2)13-7-9-20-10-8-13/h4-12H,1-3H3.